The van der Waals surface area contributed by atoms with Crippen LogP contribution < -0.4 is 4.74 Å². The molecule has 0 saturated carbocycles. The lowest BCUT2D eigenvalue weighted by atomic mass is 10.1. The van der Waals surface area contributed by atoms with Crippen molar-refractivity contribution in [2.24, 2.45) is 0 Å². The Hall–Kier alpha value is -1.48. The molecule has 3 heteroatoms. The normalized spacial score (nSPS) is 20.4. The molecule has 16 heavy (non-hydrogen) atoms. The van der Waals surface area contributed by atoms with Crippen LogP contribution in [0.15, 0.2) is 24.8 Å². The van der Waals surface area contributed by atoms with Crippen LogP contribution in [0.25, 0.3) is 6.08 Å². The van der Waals surface area contributed by atoms with Gasteiger partial charge in [0, 0.05) is 18.2 Å². The van der Waals surface area contributed by atoms with Gasteiger partial charge in [0.05, 0.1) is 6.61 Å². The number of ether oxygens (including phenoxy) is 2. The minimum atomic E-state index is 0.0780. The van der Waals surface area contributed by atoms with Crippen LogP contribution >= 0.6 is 0 Å². The Morgan fingerprint density at radius 3 is 3.06 bits per heavy atom. The van der Waals surface area contributed by atoms with Gasteiger partial charge in [-0.2, -0.15) is 0 Å². The molecule has 1 aromatic rings. The summed E-state index contributed by atoms with van der Waals surface area (Å²) in [7, 11) is 0. The first-order valence-corrected chi connectivity index (χ1v) is 5.49. The molecule has 1 heterocycles. The van der Waals surface area contributed by atoms with E-state index < -0.39 is 0 Å². The van der Waals surface area contributed by atoms with Crippen LogP contribution in [0.5, 0.6) is 11.5 Å². The summed E-state index contributed by atoms with van der Waals surface area (Å²) < 4.78 is 11.1. The lowest BCUT2D eigenvalue weighted by Gasteiger charge is -2.24. The van der Waals surface area contributed by atoms with Crippen LogP contribution in [0, 0.1) is 0 Å². The Bertz CT molecular complexity index is 367. The molecule has 1 unspecified atom stereocenters. The van der Waals surface area contributed by atoms with Crippen molar-refractivity contribution in [2.45, 2.75) is 18.9 Å². The predicted molar refractivity (Wildman–Crippen MR) is 62.7 cm³/mol. The molecule has 3 nitrogen and oxygen atoms in total. The van der Waals surface area contributed by atoms with Gasteiger partial charge in [-0.3, -0.25) is 0 Å². The third-order valence-electron chi connectivity index (χ3n) is 2.63. The molecule has 1 fully saturated rings. The van der Waals surface area contributed by atoms with Gasteiger partial charge < -0.3 is 14.6 Å². The Balaban J connectivity index is 2.12. The molecular weight excluding hydrogens is 204 g/mol. The molecule has 0 aromatic heterocycles. The monoisotopic (exact) mass is 220 g/mol. The highest BCUT2D eigenvalue weighted by atomic mass is 16.5. The second-order valence-corrected chi connectivity index (χ2v) is 3.88. The third kappa shape index (κ3) is 2.55. The van der Waals surface area contributed by atoms with E-state index in [9.17, 15) is 5.11 Å². The zero-order valence-electron chi connectivity index (χ0n) is 9.19. The second kappa shape index (κ2) is 5.03. The van der Waals surface area contributed by atoms with Crippen molar-refractivity contribution < 1.29 is 14.6 Å². The highest BCUT2D eigenvalue weighted by Crippen LogP contribution is 2.27. The second-order valence-electron chi connectivity index (χ2n) is 3.88. The van der Waals surface area contributed by atoms with Crippen molar-refractivity contribution in [3.05, 3.63) is 30.3 Å². The smallest absolute Gasteiger partial charge is 0.130 e. The Kier molecular flexibility index (Phi) is 3.47. The Morgan fingerprint density at radius 1 is 1.50 bits per heavy atom. The molecule has 86 valence electrons. The lowest BCUT2D eigenvalue weighted by Crippen LogP contribution is -2.28. The molecule has 0 radical (unpaired) electrons. The minimum Gasteiger partial charge on any atom is -0.508 e. The number of benzene rings is 1. The first kappa shape index (κ1) is 11.0. The molecule has 1 N–H and O–H groups in total. The number of hydrogen-bond donors (Lipinski definition) is 1. The van der Waals surface area contributed by atoms with E-state index in [1.807, 2.05) is 0 Å². The van der Waals surface area contributed by atoms with E-state index in [2.05, 4.69) is 6.58 Å². The standard InChI is InChI=1S/C13H16O3/c1-2-10-5-6-11(14)8-13(10)16-12-4-3-7-15-9-12/h2,5-6,8,12,14H,1,3-4,7,9H2. The van der Waals surface area contributed by atoms with Gasteiger partial charge in [-0.25, -0.2) is 0 Å². The van der Waals surface area contributed by atoms with Crippen LogP contribution in [-0.2, 0) is 4.74 Å². The molecule has 0 aliphatic carbocycles. The summed E-state index contributed by atoms with van der Waals surface area (Å²) in [4.78, 5) is 0. The van der Waals surface area contributed by atoms with E-state index in [0.29, 0.717) is 12.4 Å². The summed E-state index contributed by atoms with van der Waals surface area (Å²) in [5, 5.41) is 9.42. The number of hydrogen-bond acceptors (Lipinski definition) is 3. The van der Waals surface area contributed by atoms with E-state index >= 15 is 0 Å². The molecule has 0 spiro atoms. The van der Waals surface area contributed by atoms with E-state index in [-0.39, 0.29) is 11.9 Å². The minimum absolute atomic E-state index is 0.0780. The van der Waals surface area contributed by atoms with Crippen LogP contribution in [0.3, 0.4) is 0 Å². The number of aromatic hydroxyl groups is 1. The van der Waals surface area contributed by atoms with Crippen molar-refractivity contribution in [2.75, 3.05) is 13.2 Å². The van der Waals surface area contributed by atoms with Crippen LogP contribution in [0.1, 0.15) is 18.4 Å². The SMILES string of the molecule is C=Cc1ccc(O)cc1OC1CCCOC1. The van der Waals surface area contributed by atoms with E-state index in [1.165, 1.54) is 0 Å². The topological polar surface area (TPSA) is 38.7 Å². The molecule has 1 atom stereocenters. The van der Waals surface area contributed by atoms with Crippen LogP contribution in [-0.4, -0.2) is 24.4 Å². The Labute approximate surface area is 95.3 Å². The van der Waals surface area contributed by atoms with Crippen LogP contribution in [0.2, 0.25) is 0 Å². The van der Waals surface area contributed by atoms with Crippen LogP contribution in [0.4, 0.5) is 0 Å². The quantitative estimate of drug-likeness (QED) is 0.851. The third-order valence-corrected chi connectivity index (χ3v) is 2.63. The van der Waals surface area contributed by atoms with Crippen molar-refractivity contribution in [1.82, 2.24) is 0 Å². The van der Waals surface area contributed by atoms with Crippen molar-refractivity contribution in [3.63, 3.8) is 0 Å². The van der Waals surface area contributed by atoms with Gasteiger partial charge >= 0.3 is 0 Å². The molecule has 1 aliphatic heterocycles. The zero-order chi connectivity index (χ0) is 11.4. The van der Waals surface area contributed by atoms with Gasteiger partial charge in [-0.05, 0) is 25.0 Å². The highest BCUT2D eigenvalue weighted by Gasteiger charge is 2.16. The predicted octanol–water partition coefficient (Wildman–Crippen LogP) is 2.59. The van der Waals surface area contributed by atoms with Crippen molar-refractivity contribution >= 4 is 6.08 Å². The number of rotatable bonds is 3. The van der Waals surface area contributed by atoms with Gasteiger partial charge in [0.1, 0.15) is 17.6 Å². The summed E-state index contributed by atoms with van der Waals surface area (Å²) in [5.41, 5.74) is 0.892. The molecular formula is C13H16O3. The highest BCUT2D eigenvalue weighted by molar-refractivity contribution is 5.57. The maximum absolute atomic E-state index is 9.42. The van der Waals surface area contributed by atoms with Gasteiger partial charge in [0.25, 0.3) is 0 Å². The molecule has 1 aliphatic rings. The fourth-order valence-corrected chi connectivity index (χ4v) is 1.78. The summed E-state index contributed by atoms with van der Waals surface area (Å²) in [6, 6.07) is 5.04. The van der Waals surface area contributed by atoms with Gasteiger partial charge in [0.2, 0.25) is 0 Å². The Morgan fingerprint density at radius 2 is 2.38 bits per heavy atom. The molecule has 0 bridgehead atoms. The number of phenols is 1. The first-order chi connectivity index (χ1) is 7.79. The average molecular weight is 220 g/mol. The van der Waals surface area contributed by atoms with Gasteiger partial charge in [0.15, 0.2) is 0 Å². The lowest BCUT2D eigenvalue weighted by molar-refractivity contribution is 0.00727. The maximum atomic E-state index is 9.42. The summed E-state index contributed by atoms with van der Waals surface area (Å²) in [6.45, 7) is 5.15. The van der Waals surface area contributed by atoms with Gasteiger partial charge in [-0.15, -0.1) is 0 Å². The van der Waals surface area contributed by atoms with E-state index in [1.54, 1.807) is 24.3 Å². The zero-order valence-corrected chi connectivity index (χ0v) is 9.19. The molecule has 1 saturated heterocycles. The molecule has 2 rings (SSSR count). The van der Waals surface area contributed by atoms with E-state index in [4.69, 9.17) is 9.47 Å². The largest absolute Gasteiger partial charge is 0.508 e. The molecule has 1 aromatic carbocycles. The van der Waals surface area contributed by atoms with Gasteiger partial charge in [-0.1, -0.05) is 12.7 Å². The van der Waals surface area contributed by atoms with Crippen molar-refractivity contribution in [1.29, 1.82) is 0 Å². The first-order valence-electron chi connectivity index (χ1n) is 5.49. The van der Waals surface area contributed by atoms with Crippen molar-refractivity contribution in [3.8, 4) is 11.5 Å². The maximum Gasteiger partial charge on any atom is 0.130 e. The summed E-state index contributed by atoms with van der Waals surface area (Å²) in [5.74, 6) is 0.878. The fraction of sp³-hybridized carbons (Fsp3) is 0.385. The molecule has 0 amide bonds. The van der Waals surface area contributed by atoms with E-state index in [0.717, 1.165) is 25.0 Å². The average Bonchev–Trinajstić information content (AvgIpc) is 2.31. The summed E-state index contributed by atoms with van der Waals surface area (Å²) in [6.07, 6.45) is 3.81. The summed E-state index contributed by atoms with van der Waals surface area (Å²) >= 11 is 0. The fourth-order valence-electron chi connectivity index (χ4n) is 1.78. The number of phenolic OH excluding ortho intramolecular Hbond substituents is 1.